The Morgan fingerprint density at radius 1 is 1.00 bits per heavy atom. The van der Waals surface area contributed by atoms with Gasteiger partial charge in [-0.05, 0) is 49.2 Å². The fourth-order valence-electron chi connectivity index (χ4n) is 3.14. The Morgan fingerprint density at radius 3 is 2.61 bits per heavy atom. The normalized spacial score (nSPS) is 10.8. The first-order chi connectivity index (χ1) is 13.6. The number of hydrogen-bond acceptors (Lipinski definition) is 4. The van der Waals surface area contributed by atoms with E-state index in [4.69, 9.17) is 4.74 Å². The van der Waals surface area contributed by atoms with Gasteiger partial charge in [0.1, 0.15) is 5.75 Å². The summed E-state index contributed by atoms with van der Waals surface area (Å²) in [7, 11) is 0. The molecule has 4 aromatic rings. The van der Waals surface area contributed by atoms with Gasteiger partial charge in [-0.25, -0.2) is 0 Å². The van der Waals surface area contributed by atoms with E-state index in [1.165, 1.54) is 0 Å². The molecule has 28 heavy (non-hydrogen) atoms. The standard InChI is InChI=1S/C22H20N4O2/c1-15-7-5-8-16(2)21(15)28-14-20(27)23-18-10-6-9-17(13-18)22-25-24-19-11-3-4-12-26(19)22/h3-13H,14H2,1-2H3,(H,23,27). The summed E-state index contributed by atoms with van der Waals surface area (Å²) in [6.07, 6.45) is 1.91. The highest BCUT2D eigenvalue weighted by Crippen LogP contribution is 2.23. The van der Waals surface area contributed by atoms with Crippen molar-refractivity contribution in [3.8, 4) is 17.1 Å². The molecule has 2 aromatic carbocycles. The SMILES string of the molecule is Cc1cccc(C)c1OCC(=O)Nc1cccc(-c2nnc3ccccn23)c1. The molecule has 6 heteroatoms. The summed E-state index contributed by atoms with van der Waals surface area (Å²) in [4.78, 5) is 12.3. The average Bonchev–Trinajstić information content (AvgIpc) is 3.12. The van der Waals surface area contributed by atoms with Gasteiger partial charge in [-0.3, -0.25) is 9.20 Å². The van der Waals surface area contributed by atoms with Crippen molar-refractivity contribution in [3.05, 3.63) is 78.0 Å². The monoisotopic (exact) mass is 372 g/mol. The number of para-hydroxylation sites is 1. The Labute approximate surface area is 162 Å². The van der Waals surface area contributed by atoms with Crippen LogP contribution in [0.2, 0.25) is 0 Å². The topological polar surface area (TPSA) is 68.5 Å². The summed E-state index contributed by atoms with van der Waals surface area (Å²) in [5, 5.41) is 11.3. The fraction of sp³-hybridized carbons (Fsp3) is 0.136. The van der Waals surface area contributed by atoms with E-state index >= 15 is 0 Å². The first kappa shape index (κ1) is 17.7. The summed E-state index contributed by atoms with van der Waals surface area (Å²) in [5.41, 5.74) is 4.34. The number of anilines is 1. The van der Waals surface area contributed by atoms with Crippen molar-refractivity contribution in [1.82, 2.24) is 14.6 Å². The molecule has 0 radical (unpaired) electrons. The maximum atomic E-state index is 12.3. The molecule has 2 heterocycles. The van der Waals surface area contributed by atoms with Crippen LogP contribution in [0, 0.1) is 13.8 Å². The van der Waals surface area contributed by atoms with Crippen molar-refractivity contribution in [1.29, 1.82) is 0 Å². The van der Waals surface area contributed by atoms with Gasteiger partial charge in [0, 0.05) is 17.4 Å². The molecule has 0 saturated heterocycles. The minimum Gasteiger partial charge on any atom is -0.483 e. The van der Waals surface area contributed by atoms with Crippen LogP contribution in [-0.2, 0) is 4.79 Å². The molecule has 0 spiro atoms. The minimum absolute atomic E-state index is 0.0518. The Bertz CT molecular complexity index is 1130. The molecule has 0 aliphatic heterocycles. The molecular formula is C22H20N4O2. The second kappa shape index (κ2) is 7.52. The second-order valence-electron chi connectivity index (χ2n) is 6.59. The number of fused-ring (bicyclic) bond motifs is 1. The summed E-state index contributed by atoms with van der Waals surface area (Å²) in [6, 6.07) is 19.2. The molecule has 0 atom stereocenters. The quantitative estimate of drug-likeness (QED) is 0.574. The van der Waals surface area contributed by atoms with E-state index in [2.05, 4.69) is 15.5 Å². The number of amides is 1. The van der Waals surface area contributed by atoms with Gasteiger partial charge in [0.15, 0.2) is 18.1 Å². The van der Waals surface area contributed by atoms with Crippen LogP contribution in [0.3, 0.4) is 0 Å². The highest BCUT2D eigenvalue weighted by Gasteiger charge is 2.10. The lowest BCUT2D eigenvalue weighted by molar-refractivity contribution is -0.118. The number of aryl methyl sites for hydroxylation is 2. The zero-order chi connectivity index (χ0) is 19.5. The molecule has 0 fully saturated rings. The number of nitrogens with zero attached hydrogens (tertiary/aromatic N) is 3. The molecule has 0 aliphatic rings. The van der Waals surface area contributed by atoms with Crippen molar-refractivity contribution in [2.24, 2.45) is 0 Å². The summed E-state index contributed by atoms with van der Waals surface area (Å²) in [6.45, 7) is 3.88. The first-order valence-electron chi connectivity index (χ1n) is 9.01. The molecule has 140 valence electrons. The summed E-state index contributed by atoms with van der Waals surface area (Å²) in [5.74, 6) is 1.26. The number of pyridine rings is 1. The third-order valence-corrected chi connectivity index (χ3v) is 4.47. The molecule has 1 amide bonds. The van der Waals surface area contributed by atoms with Crippen LogP contribution in [0.25, 0.3) is 17.0 Å². The summed E-state index contributed by atoms with van der Waals surface area (Å²) < 4.78 is 7.63. The number of benzene rings is 2. The molecule has 2 aromatic heterocycles. The predicted octanol–water partition coefficient (Wildman–Crippen LogP) is 4.03. The van der Waals surface area contributed by atoms with E-state index in [1.807, 2.05) is 85.1 Å². The van der Waals surface area contributed by atoms with Gasteiger partial charge in [0.25, 0.3) is 5.91 Å². The molecule has 0 unspecified atom stereocenters. The Kier molecular flexibility index (Phi) is 4.76. The highest BCUT2D eigenvalue weighted by molar-refractivity contribution is 5.92. The number of aromatic nitrogens is 3. The average molecular weight is 372 g/mol. The fourth-order valence-corrected chi connectivity index (χ4v) is 3.14. The lowest BCUT2D eigenvalue weighted by atomic mass is 10.1. The number of carbonyl (C=O) groups excluding carboxylic acids is 1. The van der Waals surface area contributed by atoms with Crippen molar-refractivity contribution in [2.45, 2.75) is 13.8 Å². The number of ether oxygens (including phenoxy) is 1. The van der Waals surface area contributed by atoms with Crippen molar-refractivity contribution < 1.29 is 9.53 Å². The van der Waals surface area contributed by atoms with Crippen LogP contribution in [0.4, 0.5) is 5.69 Å². The van der Waals surface area contributed by atoms with Crippen LogP contribution >= 0.6 is 0 Å². The van der Waals surface area contributed by atoms with Crippen LogP contribution in [-0.4, -0.2) is 27.1 Å². The maximum Gasteiger partial charge on any atom is 0.262 e. The van der Waals surface area contributed by atoms with Gasteiger partial charge in [0.2, 0.25) is 0 Å². The van der Waals surface area contributed by atoms with Gasteiger partial charge >= 0.3 is 0 Å². The molecule has 4 rings (SSSR count). The zero-order valence-electron chi connectivity index (χ0n) is 15.7. The number of carbonyl (C=O) groups is 1. The Morgan fingerprint density at radius 2 is 1.79 bits per heavy atom. The van der Waals surface area contributed by atoms with Crippen LogP contribution in [0.15, 0.2) is 66.9 Å². The second-order valence-corrected chi connectivity index (χ2v) is 6.59. The molecule has 0 saturated carbocycles. The largest absolute Gasteiger partial charge is 0.483 e. The van der Waals surface area contributed by atoms with Crippen LogP contribution < -0.4 is 10.1 Å². The zero-order valence-corrected chi connectivity index (χ0v) is 15.7. The third kappa shape index (κ3) is 3.57. The van der Waals surface area contributed by atoms with Crippen LogP contribution in [0.1, 0.15) is 11.1 Å². The minimum atomic E-state index is -0.217. The maximum absolute atomic E-state index is 12.3. The Hall–Kier alpha value is -3.67. The van der Waals surface area contributed by atoms with E-state index < -0.39 is 0 Å². The first-order valence-corrected chi connectivity index (χ1v) is 9.01. The van der Waals surface area contributed by atoms with Gasteiger partial charge in [0.05, 0.1) is 0 Å². The predicted molar refractivity (Wildman–Crippen MR) is 108 cm³/mol. The van der Waals surface area contributed by atoms with Crippen LogP contribution in [0.5, 0.6) is 5.75 Å². The molecule has 0 bridgehead atoms. The van der Waals surface area contributed by atoms with Gasteiger partial charge < -0.3 is 10.1 Å². The van der Waals surface area contributed by atoms with E-state index in [-0.39, 0.29) is 12.5 Å². The van der Waals surface area contributed by atoms with Crippen molar-refractivity contribution >= 4 is 17.2 Å². The van der Waals surface area contributed by atoms with E-state index in [1.54, 1.807) is 0 Å². The Balaban J connectivity index is 1.48. The number of rotatable bonds is 5. The molecule has 1 N–H and O–H groups in total. The van der Waals surface area contributed by atoms with E-state index in [0.717, 1.165) is 33.9 Å². The van der Waals surface area contributed by atoms with Gasteiger partial charge in [-0.2, -0.15) is 0 Å². The summed E-state index contributed by atoms with van der Waals surface area (Å²) >= 11 is 0. The number of nitrogens with one attached hydrogen (secondary N) is 1. The molecular weight excluding hydrogens is 352 g/mol. The van der Waals surface area contributed by atoms with E-state index in [9.17, 15) is 4.79 Å². The number of hydrogen-bond donors (Lipinski definition) is 1. The van der Waals surface area contributed by atoms with Gasteiger partial charge in [-0.1, -0.05) is 36.4 Å². The molecule has 0 aliphatic carbocycles. The lowest BCUT2D eigenvalue weighted by Gasteiger charge is -2.12. The third-order valence-electron chi connectivity index (χ3n) is 4.47. The van der Waals surface area contributed by atoms with E-state index in [0.29, 0.717) is 5.69 Å². The lowest BCUT2D eigenvalue weighted by Crippen LogP contribution is -2.20. The highest BCUT2D eigenvalue weighted by atomic mass is 16.5. The molecule has 6 nitrogen and oxygen atoms in total. The van der Waals surface area contributed by atoms with Crippen molar-refractivity contribution in [2.75, 3.05) is 11.9 Å². The smallest absolute Gasteiger partial charge is 0.262 e. The van der Waals surface area contributed by atoms with Crippen molar-refractivity contribution in [3.63, 3.8) is 0 Å². The van der Waals surface area contributed by atoms with Gasteiger partial charge in [-0.15, -0.1) is 10.2 Å².